The number of nitrogens with one attached hydrogen (secondary N) is 2. The Morgan fingerprint density at radius 2 is 2.20 bits per heavy atom. The molecule has 0 radical (unpaired) electrons. The Morgan fingerprint density at radius 3 is 2.75 bits per heavy atom. The molecule has 0 atom stereocenters. The van der Waals surface area contributed by atoms with Crippen molar-refractivity contribution < 1.29 is 18.3 Å². The second kappa shape index (κ2) is 5.80. The van der Waals surface area contributed by atoms with Crippen molar-refractivity contribution in [2.75, 3.05) is 20.3 Å². The monoisotopic (exact) mass is 303 g/mol. The van der Waals surface area contributed by atoms with Gasteiger partial charge in [0.05, 0.1) is 12.3 Å². The van der Waals surface area contributed by atoms with Gasteiger partial charge in [0.1, 0.15) is 10.6 Å². The number of sulfonamides is 1. The summed E-state index contributed by atoms with van der Waals surface area (Å²) >= 11 is 0. The van der Waals surface area contributed by atoms with E-state index in [-0.39, 0.29) is 16.0 Å². The molecular formula is C12H21N3O4S. The van der Waals surface area contributed by atoms with Gasteiger partial charge in [-0.1, -0.05) is 0 Å². The van der Waals surface area contributed by atoms with Crippen molar-refractivity contribution in [2.45, 2.75) is 37.7 Å². The van der Waals surface area contributed by atoms with Gasteiger partial charge in [0, 0.05) is 20.3 Å². The molecular weight excluding hydrogens is 282 g/mol. The average molecular weight is 303 g/mol. The number of methoxy groups -OCH3 is 1. The normalized spacial score (nSPS) is 17.4. The standard InChI is InChI=1S/C12H21N3O4S/c1-9-11(10(7-16)15-14-9)20(17,18)13-8-12(3-4-12)5-6-19-2/h13,16H,3-8H2,1-2H3,(H,14,15). The van der Waals surface area contributed by atoms with Gasteiger partial charge in [-0.15, -0.1) is 0 Å². The Morgan fingerprint density at radius 1 is 1.50 bits per heavy atom. The molecule has 1 aliphatic rings. The molecule has 1 aliphatic carbocycles. The minimum atomic E-state index is -3.65. The number of aromatic nitrogens is 2. The van der Waals surface area contributed by atoms with Gasteiger partial charge in [-0.05, 0) is 31.6 Å². The number of rotatable bonds is 8. The molecule has 0 saturated heterocycles. The number of ether oxygens (including phenoxy) is 1. The summed E-state index contributed by atoms with van der Waals surface area (Å²) < 4.78 is 32.3. The van der Waals surface area contributed by atoms with E-state index in [1.165, 1.54) is 0 Å². The molecule has 2 rings (SSSR count). The van der Waals surface area contributed by atoms with E-state index in [4.69, 9.17) is 9.84 Å². The number of hydrogen-bond acceptors (Lipinski definition) is 5. The van der Waals surface area contributed by atoms with Crippen molar-refractivity contribution in [1.29, 1.82) is 0 Å². The molecule has 114 valence electrons. The van der Waals surface area contributed by atoms with Gasteiger partial charge in [-0.2, -0.15) is 5.10 Å². The van der Waals surface area contributed by atoms with E-state index in [2.05, 4.69) is 14.9 Å². The van der Waals surface area contributed by atoms with Crippen LogP contribution in [0.4, 0.5) is 0 Å². The van der Waals surface area contributed by atoms with Gasteiger partial charge >= 0.3 is 0 Å². The van der Waals surface area contributed by atoms with Gasteiger partial charge in [0.2, 0.25) is 10.0 Å². The van der Waals surface area contributed by atoms with Gasteiger partial charge in [-0.3, -0.25) is 5.10 Å². The SMILES string of the molecule is COCCC1(CNS(=O)(=O)c2c(CO)n[nH]c2C)CC1. The molecule has 1 aromatic heterocycles. The van der Waals surface area contributed by atoms with E-state index >= 15 is 0 Å². The highest BCUT2D eigenvalue weighted by Crippen LogP contribution is 2.48. The van der Waals surface area contributed by atoms with Gasteiger partial charge in [-0.25, -0.2) is 13.1 Å². The minimum absolute atomic E-state index is 0.0279. The summed E-state index contributed by atoms with van der Waals surface area (Å²) in [6.45, 7) is 2.25. The number of hydrogen-bond donors (Lipinski definition) is 3. The lowest BCUT2D eigenvalue weighted by molar-refractivity contribution is 0.173. The van der Waals surface area contributed by atoms with Crippen LogP contribution in [0, 0.1) is 12.3 Å². The Labute approximate surface area is 118 Å². The zero-order chi connectivity index (χ0) is 14.8. The van der Waals surface area contributed by atoms with Crippen LogP contribution in [0.1, 0.15) is 30.7 Å². The summed E-state index contributed by atoms with van der Waals surface area (Å²) in [5.74, 6) is 0. The number of aliphatic hydroxyl groups excluding tert-OH is 1. The first-order valence-corrected chi connectivity index (χ1v) is 8.06. The number of aryl methyl sites for hydroxylation is 1. The summed E-state index contributed by atoms with van der Waals surface area (Å²) in [5, 5.41) is 15.5. The first kappa shape index (κ1) is 15.4. The maximum Gasteiger partial charge on any atom is 0.244 e. The predicted octanol–water partition coefficient (Wildman–Crippen LogP) is 0.305. The molecule has 1 fully saturated rings. The molecule has 0 aromatic carbocycles. The summed E-state index contributed by atoms with van der Waals surface area (Å²) in [5.41, 5.74) is 0.611. The average Bonchev–Trinajstić information content (AvgIpc) is 3.09. The first-order valence-electron chi connectivity index (χ1n) is 6.57. The number of H-pyrrole nitrogens is 1. The Balaban J connectivity index is 2.06. The first-order chi connectivity index (χ1) is 9.44. The van der Waals surface area contributed by atoms with Crippen LogP contribution in [0.3, 0.4) is 0 Å². The van der Waals surface area contributed by atoms with Crippen LogP contribution in [-0.4, -0.2) is 44.0 Å². The van der Waals surface area contributed by atoms with Crippen LogP contribution < -0.4 is 4.72 Å². The van der Waals surface area contributed by atoms with E-state index in [1.54, 1.807) is 14.0 Å². The van der Waals surface area contributed by atoms with Crippen LogP contribution in [0.5, 0.6) is 0 Å². The van der Waals surface area contributed by atoms with Crippen molar-refractivity contribution in [3.8, 4) is 0 Å². The largest absolute Gasteiger partial charge is 0.390 e. The van der Waals surface area contributed by atoms with Crippen molar-refractivity contribution >= 4 is 10.0 Å². The van der Waals surface area contributed by atoms with Crippen LogP contribution in [0.2, 0.25) is 0 Å². The fourth-order valence-corrected chi connectivity index (χ4v) is 3.77. The second-order valence-corrected chi connectivity index (χ2v) is 7.05. The maximum absolute atomic E-state index is 12.3. The molecule has 3 N–H and O–H groups in total. The van der Waals surface area contributed by atoms with E-state index in [1.807, 2.05) is 0 Å². The highest BCUT2D eigenvalue weighted by atomic mass is 32.2. The van der Waals surface area contributed by atoms with Crippen LogP contribution in [0.15, 0.2) is 4.90 Å². The lowest BCUT2D eigenvalue weighted by atomic mass is 10.0. The van der Waals surface area contributed by atoms with Gasteiger partial charge < -0.3 is 9.84 Å². The van der Waals surface area contributed by atoms with Crippen molar-refractivity contribution in [3.05, 3.63) is 11.4 Å². The molecule has 0 spiro atoms. The molecule has 0 unspecified atom stereocenters. The van der Waals surface area contributed by atoms with E-state index in [0.29, 0.717) is 18.8 Å². The third-order valence-electron chi connectivity index (χ3n) is 3.81. The van der Waals surface area contributed by atoms with E-state index in [9.17, 15) is 8.42 Å². The molecule has 0 bridgehead atoms. The van der Waals surface area contributed by atoms with Gasteiger partial charge in [0.15, 0.2) is 0 Å². The Hall–Kier alpha value is -0.960. The molecule has 1 saturated carbocycles. The second-order valence-electron chi connectivity index (χ2n) is 5.35. The van der Waals surface area contributed by atoms with Crippen molar-refractivity contribution in [2.24, 2.45) is 5.41 Å². The van der Waals surface area contributed by atoms with E-state index in [0.717, 1.165) is 19.3 Å². The number of aliphatic hydroxyl groups is 1. The Kier molecular flexibility index (Phi) is 4.48. The van der Waals surface area contributed by atoms with Crippen molar-refractivity contribution in [3.63, 3.8) is 0 Å². The minimum Gasteiger partial charge on any atom is -0.390 e. The molecule has 20 heavy (non-hydrogen) atoms. The fourth-order valence-electron chi connectivity index (χ4n) is 2.26. The zero-order valence-corrected chi connectivity index (χ0v) is 12.6. The fraction of sp³-hybridized carbons (Fsp3) is 0.750. The van der Waals surface area contributed by atoms with Crippen molar-refractivity contribution in [1.82, 2.24) is 14.9 Å². The summed E-state index contributed by atoms with van der Waals surface area (Å²) in [6, 6.07) is 0. The quantitative estimate of drug-likeness (QED) is 0.641. The summed E-state index contributed by atoms with van der Waals surface area (Å²) in [4.78, 5) is 0.0579. The predicted molar refractivity (Wildman–Crippen MR) is 72.6 cm³/mol. The summed E-state index contributed by atoms with van der Waals surface area (Å²) in [7, 11) is -2.01. The molecule has 1 heterocycles. The lowest BCUT2D eigenvalue weighted by Crippen LogP contribution is -2.31. The Bertz CT molecular complexity index is 563. The number of nitrogens with zero attached hydrogens (tertiary/aromatic N) is 1. The lowest BCUT2D eigenvalue weighted by Gasteiger charge is -2.15. The van der Waals surface area contributed by atoms with Crippen LogP contribution >= 0.6 is 0 Å². The molecule has 0 amide bonds. The number of aromatic amines is 1. The third-order valence-corrected chi connectivity index (χ3v) is 5.41. The maximum atomic E-state index is 12.3. The third kappa shape index (κ3) is 3.20. The molecule has 7 nitrogen and oxygen atoms in total. The summed E-state index contributed by atoms with van der Waals surface area (Å²) in [6.07, 6.45) is 2.87. The van der Waals surface area contributed by atoms with E-state index < -0.39 is 16.6 Å². The van der Waals surface area contributed by atoms with Gasteiger partial charge in [0.25, 0.3) is 0 Å². The molecule has 1 aromatic rings. The smallest absolute Gasteiger partial charge is 0.244 e. The zero-order valence-electron chi connectivity index (χ0n) is 11.8. The van der Waals surface area contributed by atoms with Crippen LogP contribution in [0.25, 0.3) is 0 Å². The molecule has 8 heteroatoms. The highest BCUT2D eigenvalue weighted by Gasteiger charge is 2.43. The topological polar surface area (TPSA) is 104 Å². The highest BCUT2D eigenvalue weighted by molar-refractivity contribution is 7.89. The molecule has 0 aliphatic heterocycles. The van der Waals surface area contributed by atoms with Crippen LogP contribution in [-0.2, 0) is 21.4 Å².